The number of hydrogen-bond acceptors (Lipinski definition) is 4. The molecular formula is C14H13N3O2. The van der Waals surface area contributed by atoms with Crippen molar-refractivity contribution in [2.24, 2.45) is 0 Å². The van der Waals surface area contributed by atoms with Crippen molar-refractivity contribution in [3.63, 3.8) is 0 Å². The van der Waals surface area contributed by atoms with Gasteiger partial charge in [-0.05, 0) is 30.7 Å². The van der Waals surface area contributed by atoms with Gasteiger partial charge in [0.05, 0.1) is 5.56 Å². The predicted molar refractivity (Wildman–Crippen MR) is 73.1 cm³/mol. The van der Waals surface area contributed by atoms with Gasteiger partial charge < -0.3 is 15.7 Å². The van der Waals surface area contributed by atoms with Crippen LogP contribution >= 0.6 is 0 Å². The molecule has 0 spiro atoms. The largest absolute Gasteiger partial charge is 0.478 e. The van der Waals surface area contributed by atoms with Crippen LogP contribution in [0.4, 0.5) is 17.2 Å². The highest BCUT2D eigenvalue weighted by atomic mass is 16.4. The van der Waals surface area contributed by atoms with E-state index < -0.39 is 5.97 Å². The predicted octanol–water partition coefficient (Wildman–Crippen LogP) is 2.49. The molecule has 96 valence electrons. The molecule has 19 heavy (non-hydrogen) atoms. The van der Waals surface area contributed by atoms with Crippen LogP contribution < -0.4 is 10.6 Å². The van der Waals surface area contributed by atoms with Gasteiger partial charge >= 0.3 is 5.97 Å². The summed E-state index contributed by atoms with van der Waals surface area (Å²) in [4.78, 5) is 15.2. The first-order valence-electron chi connectivity index (χ1n) is 6.06. The Kier molecular flexibility index (Phi) is 2.79. The molecular weight excluding hydrogens is 242 g/mol. The lowest BCUT2D eigenvalue weighted by molar-refractivity contribution is 0.0697. The Morgan fingerprint density at radius 1 is 1.37 bits per heavy atom. The SMILES string of the molecule is O=C(O)c1cccc(Nc2ccnc3c2CCN3)c1. The maximum atomic E-state index is 10.9. The van der Waals surface area contributed by atoms with Crippen molar-refractivity contribution >= 4 is 23.2 Å². The monoisotopic (exact) mass is 255 g/mol. The molecule has 0 bridgehead atoms. The van der Waals surface area contributed by atoms with E-state index in [1.165, 1.54) is 0 Å². The summed E-state index contributed by atoms with van der Waals surface area (Å²) in [5.74, 6) is -0.0235. The smallest absolute Gasteiger partial charge is 0.335 e. The van der Waals surface area contributed by atoms with Crippen LogP contribution in [0.1, 0.15) is 15.9 Å². The third-order valence-electron chi connectivity index (χ3n) is 3.11. The van der Waals surface area contributed by atoms with Gasteiger partial charge in [-0.2, -0.15) is 0 Å². The van der Waals surface area contributed by atoms with Crippen LogP contribution in [0.25, 0.3) is 0 Å². The average molecular weight is 255 g/mol. The minimum Gasteiger partial charge on any atom is -0.478 e. The molecule has 0 unspecified atom stereocenters. The first-order chi connectivity index (χ1) is 9.24. The fourth-order valence-corrected chi connectivity index (χ4v) is 2.21. The van der Waals surface area contributed by atoms with Crippen molar-refractivity contribution < 1.29 is 9.90 Å². The third kappa shape index (κ3) is 2.22. The fourth-order valence-electron chi connectivity index (χ4n) is 2.21. The number of carboxylic acid groups (broad SMARTS) is 1. The van der Waals surface area contributed by atoms with Crippen LogP contribution in [0, 0.1) is 0 Å². The molecule has 3 rings (SSSR count). The van der Waals surface area contributed by atoms with Crippen molar-refractivity contribution in [2.45, 2.75) is 6.42 Å². The number of carbonyl (C=O) groups is 1. The van der Waals surface area contributed by atoms with Gasteiger partial charge in [-0.15, -0.1) is 0 Å². The molecule has 0 atom stereocenters. The molecule has 5 nitrogen and oxygen atoms in total. The van der Waals surface area contributed by atoms with Crippen molar-refractivity contribution in [1.29, 1.82) is 0 Å². The summed E-state index contributed by atoms with van der Waals surface area (Å²) in [6.45, 7) is 0.885. The molecule has 1 aliphatic heterocycles. The van der Waals surface area contributed by atoms with Gasteiger partial charge in [-0.25, -0.2) is 9.78 Å². The molecule has 2 aromatic rings. The van der Waals surface area contributed by atoms with Gasteiger partial charge in [0, 0.05) is 29.7 Å². The first kappa shape index (κ1) is 11.5. The summed E-state index contributed by atoms with van der Waals surface area (Å²) in [7, 11) is 0. The summed E-state index contributed by atoms with van der Waals surface area (Å²) >= 11 is 0. The van der Waals surface area contributed by atoms with Gasteiger partial charge in [-0.3, -0.25) is 0 Å². The maximum absolute atomic E-state index is 10.9. The number of carboxylic acids is 1. The second-order valence-electron chi connectivity index (χ2n) is 4.37. The highest BCUT2D eigenvalue weighted by molar-refractivity contribution is 5.89. The Morgan fingerprint density at radius 2 is 2.26 bits per heavy atom. The van der Waals surface area contributed by atoms with E-state index in [0.29, 0.717) is 0 Å². The number of hydrogen-bond donors (Lipinski definition) is 3. The molecule has 0 amide bonds. The summed E-state index contributed by atoms with van der Waals surface area (Å²) in [5.41, 5.74) is 3.15. The standard InChI is InChI=1S/C14H13N3O2/c18-14(19)9-2-1-3-10(8-9)17-12-5-7-16-13-11(12)4-6-15-13/h1-3,5,7-8H,4,6H2,(H,18,19)(H2,15,16,17). The van der Waals surface area contributed by atoms with Gasteiger partial charge in [0.15, 0.2) is 0 Å². The molecule has 1 aromatic heterocycles. The molecule has 0 aliphatic carbocycles. The lowest BCUT2D eigenvalue weighted by Crippen LogP contribution is -1.99. The number of rotatable bonds is 3. The number of aromatic nitrogens is 1. The minimum atomic E-state index is -0.926. The Morgan fingerprint density at radius 3 is 3.11 bits per heavy atom. The van der Waals surface area contributed by atoms with E-state index in [-0.39, 0.29) is 5.56 Å². The second kappa shape index (κ2) is 4.61. The summed E-state index contributed by atoms with van der Waals surface area (Å²) < 4.78 is 0. The van der Waals surface area contributed by atoms with Crippen LogP contribution in [0.5, 0.6) is 0 Å². The minimum absolute atomic E-state index is 0.272. The molecule has 0 radical (unpaired) electrons. The molecule has 0 fully saturated rings. The second-order valence-corrected chi connectivity index (χ2v) is 4.37. The number of nitrogens with one attached hydrogen (secondary N) is 2. The van der Waals surface area contributed by atoms with Gasteiger partial charge in [0.25, 0.3) is 0 Å². The lowest BCUT2D eigenvalue weighted by Gasteiger charge is -2.10. The zero-order valence-corrected chi connectivity index (χ0v) is 10.2. The summed E-state index contributed by atoms with van der Waals surface area (Å²) in [6, 6.07) is 8.68. The fraction of sp³-hybridized carbons (Fsp3) is 0.143. The highest BCUT2D eigenvalue weighted by Crippen LogP contribution is 2.29. The molecule has 1 aliphatic rings. The van der Waals surface area contributed by atoms with Crippen LogP contribution in [0.2, 0.25) is 0 Å². The van der Waals surface area contributed by atoms with Crippen LogP contribution in [0.15, 0.2) is 36.5 Å². The third-order valence-corrected chi connectivity index (χ3v) is 3.11. The van der Waals surface area contributed by atoms with E-state index in [2.05, 4.69) is 15.6 Å². The van der Waals surface area contributed by atoms with Crippen molar-refractivity contribution in [1.82, 2.24) is 4.98 Å². The van der Waals surface area contributed by atoms with Crippen molar-refractivity contribution in [2.75, 3.05) is 17.2 Å². The number of pyridine rings is 1. The van der Waals surface area contributed by atoms with E-state index in [1.54, 1.807) is 24.4 Å². The lowest BCUT2D eigenvalue weighted by atomic mass is 10.1. The Hall–Kier alpha value is -2.56. The average Bonchev–Trinajstić information content (AvgIpc) is 2.88. The molecule has 0 saturated heterocycles. The van der Waals surface area contributed by atoms with Crippen molar-refractivity contribution in [3.05, 3.63) is 47.7 Å². The normalized spacial score (nSPS) is 12.6. The molecule has 3 N–H and O–H groups in total. The first-order valence-corrected chi connectivity index (χ1v) is 6.06. The Bertz CT molecular complexity index is 640. The molecule has 5 heteroatoms. The number of benzene rings is 1. The number of anilines is 3. The van der Waals surface area contributed by atoms with Gasteiger partial charge in [0.2, 0.25) is 0 Å². The highest BCUT2D eigenvalue weighted by Gasteiger charge is 2.15. The Labute approximate surface area is 110 Å². The summed E-state index contributed by atoms with van der Waals surface area (Å²) in [5, 5.41) is 15.4. The van der Waals surface area contributed by atoms with E-state index in [9.17, 15) is 4.79 Å². The van der Waals surface area contributed by atoms with E-state index >= 15 is 0 Å². The van der Waals surface area contributed by atoms with Crippen LogP contribution in [0.3, 0.4) is 0 Å². The quantitative estimate of drug-likeness (QED) is 0.785. The number of fused-ring (bicyclic) bond motifs is 1. The van der Waals surface area contributed by atoms with Crippen LogP contribution in [-0.4, -0.2) is 22.6 Å². The van der Waals surface area contributed by atoms with Gasteiger partial charge in [-0.1, -0.05) is 6.07 Å². The molecule has 1 aromatic carbocycles. The number of nitrogens with zero attached hydrogens (tertiary/aromatic N) is 1. The zero-order valence-electron chi connectivity index (χ0n) is 10.2. The van der Waals surface area contributed by atoms with Crippen LogP contribution in [-0.2, 0) is 6.42 Å². The van der Waals surface area contributed by atoms with E-state index in [4.69, 9.17) is 5.11 Å². The maximum Gasteiger partial charge on any atom is 0.335 e. The van der Waals surface area contributed by atoms with Gasteiger partial charge in [0.1, 0.15) is 5.82 Å². The Balaban J connectivity index is 1.92. The van der Waals surface area contributed by atoms with E-state index in [0.717, 1.165) is 35.7 Å². The molecule has 2 heterocycles. The zero-order chi connectivity index (χ0) is 13.2. The summed E-state index contributed by atoms with van der Waals surface area (Å²) in [6.07, 6.45) is 2.66. The number of aromatic carboxylic acids is 1. The van der Waals surface area contributed by atoms with Crippen molar-refractivity contribution in [3.8, 4) is 0 Å². The topological polar surface area (TPSA) is 74.2 Å². The van der Waals surface area contributed by atoms with E-state index in [1.807, 2.05) is 12.1 Å². The molecule has 0 saturated carbocycles.